The number of aryl methyl sites for hydroxylation is 1. The van der Waals surface area contributed by atoms with Gasteiger partial charge in [0.15, 0.2) is 5.78 Å². The maximum absolute atomic E-state index is 13.5. The SMILES string of the molecule is COc1ccc(C2CC(=O)C3=C(C2)Nc2ccccc2NC3c2ccc(C)s2)cc1. The second kappa shape index (κ2) is 7.65. The summed E-state index contributed by atoms with van der Waals surface area (Å²) in [6, 6.07) is 20.4. The Balaban J connectivity index is 1.57. The lowest BCUT2D eigenvalue weighted by Gasteiger charge is -2.29. The highest BCUT2D eigenvalue weighted by molar-refractivity contribution is 7.12. The van der Waals surface area contributed by atoms with E-state index in [0.29, 0.717) is 6.42 Å². The number of ketones is 1. The number of methoxy groups -OCH3 is 1. The van der Waals surface area contributed by atoms with Gasteiger partial charge >= 0.3 is 0 Å². The van der Waals surface area contributed by atoms with Gasteiger partial charge in [0, 0.05) is 27.4 Å². The van der Waals surface area contributed by atoms with Crippen LogP contribution in [0.2, 0.25) is 0 Å². The van der Waals surface area contributed by atoms with E-state index in [4.69, 9.17) is 4.74 Å². The number of anilines is 2. The highest BCUT2D eigenvalue weighted by Crippen LogP contribution is 2.45. The van der Waals surface area contributed by atoms with Crippen molar-refractivity contribution in [2.75, 3.05) is 17.7 Å². The van der Waals surface area contributed by atoms with Crippen molar-refractivity contribution in [3.63, 3.8) is 0 Å². The van der Waals surface area contributed by atoms with Crippen molar-refractivity contribution in [1.29, 1.82) is 0 Å². The van der Waals surface area contributed by atoms with Crippen LogP contribution in [0.3, 0.4) is 0 Å². The maximum Gasteiger partial charge on any atom is 0.163 e. The summed E-state index contributed by atoms with van der Waals surface area (Å²) in [4.78, 5) is 15.9. The van der Waals surface area contributed by atoms with Crippen LogP contribution < -0.4 is 15.4 Å². The molecule has 5 rings (SSSR count). The Kier molecular flexibility index (Phi) is 4.83. The summed E-state index contributed by atoms with van der Waals surface area (Å²) in [7, 11) is 1.67. The molecule has 0 saturated carbocycles. The van der Waals surface area contributed by atoms with E-state index in [1.807, 2.05) is 24.3 Å². The van der Waals surface area contributed by atoms with Crippen LogP contribution in [-0.2, 0) is 4.79 Å². The van der Waals surface area contributed by atoms with Gasteiger partial charge in [0.25, 0.3) is 0 Å². The van der Waals surface area contributed by atoms with E-state index >= 15 is 0 Å². The molecule has 0 saturated heterocycles. The Morgan fingerprint density at radius 3 is 2.43 bits per heavy atom. The highest BCUT2D eigenvalue weighted by atomic mass is 32.1. The van der Waals surface area contributed by atoms with E-state index in [1.54, 1.807) is 18.4 Å². The lowest BCUT2D eigenvalue weighted by atomic mass is 9.79. The van der Waals surface area contributed by atoms with E-state index in [2.05, 4.69) is 54.0 Å². The third-order valence-electron chi connectivity index (χ3n) is 5.94. The number of ether oxygens (including phenoxy) is 1. The molecule has 1 aliphatic heterocycles. The second-order valence-electron chi connectivity index (χ2n) is 7.89. The number of carbonyl (C=O) groups is 1. The quantitative estimate of drug-likeness (QED) is 0.546. The van der Waals surface area contributed by atoms with Gasteiger partial charge in [0.2, 0.25) is 0 Å². The standard InChI is InChI=1S/C25H24N2O2S/c1-15-7-12-23(30-15)25-24-21(26-19-5-3-4-6-20(19)27-25)13-17(14-22(24)28)16-8-10-18(29-2)11-9-16/h3-12,17,25-27H,13-14H2,1-2H3. The van der Waals surface area contributed by atoms with Gasteiger partial charge in [-0.1, -0.05) is 24.3 Å². The third kappa shape index (κ3) is 3.39. The molecule has 2 atom stereocenters. The summed E-state index contributed by atoms with van der Waals surface area (Å²) in [5, 5.41) is 7.24. The summed E-state index contributed by atoms with van der Waals surface area (Å²) in [5.41, 5.74) is 5.12. The van der Waals surface area contributed by atoms with Crippen LogP contribution in [0.4, 0.5) is 11.4 Å². The van der Waals surface area contributed by atoms with Gasteiger partial charge in [-0.05, 0) is 61.2 Å². The molecule has 5 heteroatoms. The first-order chi connectivity index (χ1) is 14.6. The Morgan fingerprint density at radius 2 is 1.73 bits per heavy atom. The maximum atomic E-state index is 13.5. The minimum absolute atomic E-state index is 0.126. The first kappa shape index (κ1) is 18.9. The number of thiophene rings is 1. The molecule has 152 valence electrons. The molecule has 2 aromatic carbocycles. The van der Waals surface area contributed by atoms with Gasteiger partial charge in [-0.25, -0.2) is 0 Å². The van der Waals surface area contributed by atoms with Crippen LogP contribution in [0.15, 0.2) is 71.9 Å². The minimum Gasteiger partial charge on any atom is -0.497 e. The molecule has 2 N–H and O–H groups in total. The minimum atomic E-state index is -0.126. The van der Waals surface area contributed by atoms with Gasteiger partial charge in [-0.2, -0.15) is 0 Å². The zero-order valence-electron chi connectivity index (χ0n) is 17.1. The van der Waals surface area contributed by atoms with Crippen molar-refractivity contribution in [3.05, 3.63) is 87.3 Å². The Hall–Kier alpha value is -3.05. The van der Waals surface area contributed by atoms with E-state index < -0.39 is 0 Å². The van der Waals surface area contributed by atoms with Crippen molar-refractivity contribution in [2.45, 2.75) is 31.7 Å². The number of para-hydroxylation sites is 2. The number of hydrogen-bond donors (Lipinski definition) is 2. The van der Waals surface area contributed by atoms with Crippen LogP contribution in [-0.4, -0.2) is 12.9 Å². The topological polar surface area (TPSA) is 50.4 Å². The number of hydrogen-bond acceptors (Lipinski definition) is 5. The Labute approximate surface area is 180 Å². The molecule has 0 spiro atoms. The number of carbonyl (C=O) groups excluding carboxylic acids is 1. The van der Waals surface area contributed by atoms with Gasteiger partial charge in [0.05, 0.1) is 24.5 Å². The molecule has 2 aliphatic rings. The number of nitrogens with one attached hydrogen (secondary N) is 2. The van der Waals surface area contributed by atoms with Crippen molar-refractivity contribution in [3.8, 4) is 5.75 Å². The predicted octanol–water partition coefficient (Wildman–Crippen LogP) is 6.04. The summed E-state index contributed by atoms with van der Waals surface area (Å²) in [6.45, 7) is 2.11. The van der Waals surface area contributed by atoms with Gasteiger partial charge in [0.1, 0.15) is 5.75 Å². The summed E-state index contributed by atoms with van der Waals surface area (Å²) in [5.74, 6) is 1.20. The number of benzene rings is 2. The lowest BCUT2D eigenvalue weighted by molar-refractivity contribution is -0.116. The van der Waals surface area contributed by atoms with Crippen LogP contribution in [0, 0.1) is 6.92 Å². The molecule has 1 aromatic heterocycles. The summed E-state index contributed by atoms with van der Waals surface area (Å²) >= 11 is 1.75. The Bertz CT molecular complexity index is 1130. The number of allylic oxidation sites excluding steroid dienone is 1. The zero-order valence-corrected chi connectivity index (χ0v) is 17.9. The van der Waals surface area contributed by atoms with Gasteiger partial charge < -0.3 is 15.4 Å². The van der Waals surface area contributed by atoms with E-state index in [9.17, 15) is 4.79 Å². The normalized spacial score (nSPS) is 20.5. The molecule has 2 unspecified atom stereocenters. The molecule has 30 heavy (non-hydrogen) atoms. The molecule has 0 radical (unpaired) electrons. The van der Waals surface area contributed by atoms with Crippen molar-refractivity contribution in [1.82, 2.24) is 0 Å². The first-order valence-corrected chi connectivity index (χ1v) is 11.0. The predicted molar refractivity (Wildman–Crippen MR) is 122 cm³/mol. The van der Waals surface area contributed by atoms with Gasteiger partial charge in [-0.3, -0.25) is 4.79 Å². The fourth-order valence-electron chi connectivity index (χ4n) is 4.43. The number of fused-ring (bicyclic) bond motifs is 1. The largest absolute Gasteiger partial charge is 0.497 e. The van der Waals surface area contributed by atoms with Gasteiger partial charge in [-0.15, -0.1) is 11.3 Å². The third-order valence-corrected chi connectivity index (χ3v) is 7.01. The molecule has 4 nitrogen and oxygen atoms in total. The molecule has 3 aromatic rings. The monoisotopic (exact) mass is 416 g/mol. The summed E-state index contributed by atoms with van der Waals surface area (Å²) in [6.07, 6.45) is 1.33. The molecular weight excluding hydrogens is 392 g/mol. The fraction of sp³-hybridized carbons (Fsp3) is 0.240. The lowest BCUT2D eigenvalue weighted by Crippen LogP contribution is -2.26. The zero-order chi connectivity index (χ0) is 20.7. The van der Waals surface area contributed by atoms with E-state index in [-0.39, 0.29) is 17.7 Å². The van der Waals surface area contributed by atoms with Crippen LogP contribution in [0.25, 0.3) is 0 Å². The average molecular weight is 417 g/mol. The molecule has 2 heterocycles. The highest BCUT2D eigenvalue weighted by Gasteiger charge is 2.36. The number of rotatable bonds is 3. The van der Waals surface area contributed by atoms with Crippen molar-refractivity contribution >= 4 is 28.5 Å². The first-order valence-electron chi connectivity index (χ1n) is 10.2. The fourth-order valence-corrected chi connectivity index (χ4v) is 5.36. The number of Topliss-reactive ketones (excluding diaryl/α,β-unsaturated/α-hetero) is 1. The van der Waals surface area contributed by atoms with Crippen LogP contribution >= 0.6 is 11.3 Å². The molecule has 1 aliphatic carbocycles. The Morgan fingerprint density at radius 1 is 0.967 bits per heavy atom. The molecular formula is C25H24N2O2S. The average Bonchev–Trinajstić information content (AvgIpc) is 3.11. The van der Waals surface area contributed by atoms with Crippen molar-refractivity contribution < 1.29 is 9.53 Å². The second-order valence-corrected chi connectivity index (χ2v) is 9.21. The summed E-state index contributed by atoms with van der Waals surface area (Å²) < 4.78 is 5.29. The van der Waals surface area contributed by atoms with Crippen molar-refractivity contribution in [2.24, 2.45) is 0 Å². The smallest absolute Gasteiger partial charge is 0.163 e. The van der Waals surface area contributed by atoms with Crippen LogP contribution in [0.5, 0.6) is 5.75 Å². The molecule has 0 amide bonds. The van der Waals surface area contributed by atoms with E-state index in [0.717, 1.165) is 34.8 Å². The van der Waals surface area contributed by atoms with E-state index in [1.165, 1.54) is 15.3 Å². The van der Waals surface area contributed by atoms with Crippen LogP contribution in [0.1, 0.15) is 40.1 Å². The molecule has 0 bridgehead atoms. The molecule has 0 fully saturated rings.